The van der Waals surface area contributed by atoms with Crippen molar-refractivity contribution in [1.82, 2.24) is 24.3 Å². The molecule has 35 heavy (non-hydrogen) atoms. The van der Waals surface area contributed by atoms with Gasteiger partial charge in [-0.05, 0) is 36.4 Å². The fraction of sp³-hybridized carbons (Fsp3) is 0.217. The zero-order chi connectivity index (χ0) is 24.7. The first-order chi connectivity index (χ1) is 16.8. The molecule has 0 fully saturated rings. The molecule has 5 rings (SSSR count). The van der Waals surface area contributed by atoms with Gasteiger partial charge in [-0.2, -0.15) is 9.40 Å². The summed E-state index contributed by atoms with van der Waals surface area (Å²) in [4.78, 5) is 12.0. The van der Waals surface area contributed by atoms with Crippen molar-refractivity contribution >= 4 is 16.0 Å². The lowest BCUT2D eigenvalue weighted by atomic mass is 10.1. The van der Waals surface area contributed by atoms with Crippen LogP contribution in [-0.4, -0.2) is 52.3 Å². The Kier molecular flexibility index (Phi) is 5.69. The number of esters is 1. The summed E-state index contributed by atoms with van der Waals surface area (Å²) in [6, 6.07) is 11.6. The number of sulfonamides is 1. The summed E-state index contributed by atoms with van der Waals surface area (Å²) < 4.78 is 53.8. The van der Waals surface area contributed by atoms with Crippen molar-refractivity contribution in [3.8, 4) is 23.0 Å². The lowest BCUT2D eigenvalue weighted by Crippen LogP contribution is -2.37. The topological polar surface area (TPSA) is 120 Å². The molecule has 10 nitrogen and oxygen atoms in total. The van der Waals surface area contributed by atoms with Gasteiger partial charge >= 0.3 is 5.97 Å². The van der Waals surface area contributed by atoms with Crippen LogP contribution >= 0.6 is 0 Å². The average molecular weight is 498 g/mol. The highest BCUT2D eigenvalue weighted by Crippen LogP contribution is 2.33. The van der Waals surface area contributed by atoms with Crippen molar-refractivity contribution in [3.05, 3.63) is 71.2 Å². The molecule has 0 saturated heterocycles. The smallest absolute Gasteiger partial charge is 0.339 e. The number of methoxy groups -OCH3 is 1. The van der Waals surface area contributed by atoms with Crippen LogP contribution in [0.5, 0.6) is 0 Å². The lowest BCUT2D eigenvalue weighted by Gasteiger charge is -2.27. The van der Waals surface area contributed by atoms with Crippen LogP contribution in [0.4, 0.5) is 4.39 Å². The normalized spacial score (nSPS) is 14.0. The van der Waals surface area contributed by atoms with Gasteiger partial charge < -0.3 is 9.15 Å². The molecule has 2 aromatic carbocycles. The predicted molar refractivity (Wildman–Crippen MR) is 121 cm³/mol. The van der Waals surface area contributed by atoms with E-state index in [1.54, 1.807) is 23.9 Å². The van der Waals surface area contributed by atoms with Crippen LogP contribution in [0.1, 0.15) is 21.6 Å². The molecule has 3 heterocycles. The number of aromatic nitrogens is 4. The van der Waals surface area contributed by atoms with Gasteiger partial charge in [0.1, 0.15) is 5.82 Å². The van der Waals surface area contributed by atoms with Crippen molar-refractivity contribution in [2.75, 3.05) is 13.7 Å². The fourth-order valence-electron chi connectivity index (χ4n) is 4.08. The molecule has 0 spiro atoms. The number of rotatable bonds is 5. The number of nitrogens with zero attached hydrogens (tertiary/aromatic N) is 5. The van der Waals surface area contributed by atoms with Crippen LogP contribution in [0.15, 0.2) is 57.8 Å². The first-order valence-electron chi connectivity index (χ1n) is 10.6. The van der Waals surface area contributed by atoms with Gasteiger partial charge in [0, 0.05) is 43.4 Å². The number of fused-ring (bicyclic) bond motifs is 1. The molecule has 0 bridgehead atoms. The Labute approximate surface area is 200 Å². The van der Waals surface area contributed by atoms with Gasteiger partial charge in [-0.25, -0.2) is 17.6 Å². The molecule has 2 aromatic heterocycles. The second kappa shape index (κ2) is 8.71. The molecule has 0 saturated carbocycles. The van der Waals surface area contributed by atoms with Gasteiger partial charge in [-0.1, -0.05) is 12.1 Å². The van der Waals surface area contributed by atoms with Crippen molar-refractivity contribution < 1.29 is 26.8 Å². The third-order valence-electron chi connectivity index (χ3n) is 5.84. The summed E-state index contributed by atoms with van der Waals surface area (Å²) in [5, 5.41) is 12.6. The Morgan fingerprint density at radius 3 is 2.54 bits per heavy atom. The van der Waals surface area contributed by atoms with Crippen LogP contribution in [0.25, 0.3) is 23.0 Å². The summed E-state index contributed by atoms with van der Waals surface area (Å²) in [6.07, 6.45) is 0.400. The molecule has 0 radical (unpaired) electrons. The maximum Gasteiger partial charge on any atom is 0.339 e. The molecule has 0 amide bonds. The number of halogens is 1. The standard InChI is InChI=1S/C23H20FN5O5S/c1-28-18-11-12-29(35(31,32)19-6-4-3-5-16(19)23(30)33-2)13-17(18)20(27-28)22-26-25-21(34-22)14-7-9-15(24)10-8-14/h3-10H,11-13H2,1-2H3. The first-order valence-corrected chi connectivity index (χ1v) is 12.1. The maximum absolute atomic E-state index is 13.5. The zero-order valence-electron chi connectivity index (χ0n) is 18.8. The van der Waals surface area contributed by atoms with E-state index >= 15 is 0 Å². The molecule has 1 aliphatic heterocycles. The number of hydrogen-bond donors (Lipinski definition) is 0. The van der Waals surface area contributed by atoms with E-state index in [2.05, 4.69) is 15.3 Å². The summed E-state index contributed by atoms with van der Waals surface area (Å²) >= 11 is 0. The molecule has 0 atom stereocenters. The van der Waals surface area contributed by atoms with E-state index in [9.17, 15) is 17.6 Å². The summed E-state index contributed by atoms with van der Waals surface area (Å²) in [5.74, 6) is -0.812. The third-order valence-corrected chi connectivity index (χ3v) is 7.74. The largest absolute Gasteiger partial charge is 0.465 e. The van der Waals surface area contributed by atoms with Crippen LogP contribution in [0, 0.1) is 5.82 Å². The summed E-state index contributed by atoms with van der Waals surface area (Å²) in [6.45, 7) is 0.207. The number of carbonyl (C=O) groups is 1. The van der Waals surface area contributed by atoms with Crippen molar-refractivity contribution in [2.45, 2.75) is 17.9 Å². The molecule has 12 heteroatoms. The molecular weight excluding hydrogens is 477 g/mol. The third kappa shape index (κ3) is 4.00. The summed E-state index contributed by atoms with van der Waals surface area (Å²) in [7, 11) is -1.07. The van der Waals surface area contributed by atoms with E-state index in [1.807, 2.05) is 0 Å². The Bertz CT molecular complexity index is 1530. The van der Waals surface area contributed by atoms with Gasteiger partial charge in [0.2, 0.25) is 15.9 Å². The van der Waals surface area contributed by atoms with Crippen molar-refractivity contribution in [3.63, 3.8) is 0 Å². The van der Waals surface area contributed by atoms with E-state index in [-0.39, 0.29) is 41.1 Å². The molecule has 0 N–H and O–H groups in total. The van der Waals surface area contributed by atoms with E-state index in [1.165, 1.54) is 47.8 Å². The van der Waals surface area contributed by atoms with E-state index < -0.39 is 16.0 Å². The van der Waals surface area contributed by atoms with E-state index in [0.717, 1.165) is 5.69 Å². The number of benzene rings is 2. The van der Waals surface area contributed by atoms with Gasteiger partial charge in [0.25, 0.3) is 5.89 Å². The number of ether oxygens (including phenoxy) is 1. The maximum atomic E-state index is 13.5. The Hall–Kier alpha value is -3.90. The van der Waals surface area contributed by atoms with Crippen LogP contribution in [0.2, 0.25) is 0 Å². The molecular formula is C23H20FN5O5S. The molecule has 1 aliphatic rings. The predicted octanol–water partition coefficient (Wildman–Crippen LogP) is 2.81. The zero-order valence-corrected chi connectivity index (χ0v) is 19.6. The molecule has 4 aromatic rings. The SMILES string of the molecule is COC(=O)c1ccccc1S(=O)(=O)N1CCc2c(c(-c3nnc(-c4ccc(F)cc4)o3)nn2C)C1. The van der Waals surface area contributed by atoms with Gasteiger partial charge in [0.05, 0.1) is 17.6 Å². The Morgan fingerprint density at radius 2 is 1.80 bits per heavy atom. The van der Waals surface area contributed by atoms with Crippen LogP contribution in [0.3, 0.4) is 0 Å². The summed E-state index contributed by atoms with van der Waals surface area (Å²) in [5.41, 5.74) is 2.34. The number of carbonyl (C=O) groups excluding carboxylic acids is 1. The molecule has 0 aliphatic carbocycles. The second-order valence-corrected chi connectivity index (χ2v) is 9.80. The minimum atomic E-state index is -4.03. The van der Waals surface area contributed by atoms with Crippen molar-refractivity contribution in [2.24, 2.45) is 7.05 Å². The van der Waals surface area contributed by atoms with E-state index in [0.29, 0.717) is 23.2 Å². The number of hydrogen-bond acceptors (Lipinski definition) is 8. The first kappa shape index (κ1) is 22.9. The Morgan fingerprint density at radius 1 is 1.09 bits per heavy atom. The lowest BCUT2D eigenvalue weighted by molar-refractivity contribution is 0.0596. The number of aryl methyl sites for hydroxylation is 1. The van der Waals surface area contributed by atoms with Gasteiger partial charge in [0.15, 0.2) is 5.69 Å². The van der Waals surface area contributed by atoms with Gasteiger partial charge in [-0.3, -0.25) is 4.68 Å². The minimum Gasteiger partial charge on any atom is -0.465 e. The quantitative estimate of drug-likeness (QED) is 0.386. The Balaban J connectivity index is 1.50. The van der Waals surface area contributed by atoms with Crippen molar-refractivity contribution in [1.29, 1.82) is 0 Å². The second-order valence-electron chi connectivity index (χ2n) is 7.89. The monoisotopic (exact) mass is 497 g/mol. The van der Waals surface area contributed by atoms with E-state index in [4.69, 9.17) is 9.15 Å². The van der Waals surface area contributed by atoms with Gasteiger partial charge in [-0.15, -0.1) is 10.2 Å². The van der Waals surface area contributed by atoms with Crippen LogP contribution in [-0.2, 0) is 34.8 Å². The minimum absolute atomic E-state index is 0.00457. The fourth-order valence-corrected chi connectivity index (χ4v) is 5.67. The highest BCUT2D eigenvalue weighted by atomic mass is 32.2. The van der Waals surface area contributed by atoms with Crippen LogP contribution < -0.4 is 0 Å². The molecule has 180 valence electrons. The molecule has 0 unspecified atom stereocenters. The average Bonchev–Trinajstić information content (AvgIpc) is 3.48. The highest BCUT2D eigenvalue weighted by Gasteiger charge is 2.35. The highest BCUT2D eigenvalue weighted by molar-refractivity contribution is 7.89.